The lowest BCUT2D eigenvalue weighted by Gasteiger charge is -2.14. The normalized spacial score (nSPS) is 11.8. The van der Waals surface area contributed by atoms with Gasteiger partial charge in [0, 0.05) is 6.04 Å². The Morgan fingerprint density at radius 2 is 2.00 bits per heavy atom. The summed E-state index contributed by atoms with van der Waals surface area (Å²) >= 11 is 0. The molecule has 0 saturated heterocycles. The van der Waals surface area contributed by atoms with E-state index in [4.69, 9.17) is 10.5 Å². The van der Waals surface area contributed by atoms with E-state index in [1.54, 1.807) is 7.11 Å². The highest BCUT2D eigenvalue weighted by Gasteiger charge is 2.08. The van der Waals surface area contributed by atoms with Crippen molar-refractivity contribution in [3.05, 3.63) is 28.8 Å². The maximum atomic E-state index is 5.81. The van der Waals surface area contributed by atoms with Crippen LogP contribution >= 0.6 is 12.4 Å². The van der Waals surface area contributed by atoms with Crippen LogP contribution in [0.15, 0.2) is 12.1 Å². The molecule has 0 radical (unpaired) electrons. The zero-order valence-electron chi connectivity index (χ0n) is 10.5. The average Bonchev–Trinajstić information content (AvgIpc) is 2.15. The van der Waals surface area contributed by atoms with Crippen LogP contribution in [-0.4, -0.2) is 13.2 Å². The van der Waals surface area contributed by atoms with Gasteiger partial charge >= 0.3 is 0 Å². The zero-order chi connectivity index (χ0) is 11.4. The molecule has 0 amide bonds. The highest BCUT2D eigenvalue weighted by atomic mass is 35.5. The van der Waals surface area contributed by atoms with Gasteiger partial charge in [0.25, 0.3) is 0 Å². The van der Waals surface area contributed by atoms with Gasteiger partial charge in [-0.05, 0) is 43.4 Å². The van der Waals surface area contributed by atoms with Crippen molar-refractivity contribution in [2.24, 2.45) is 5.73 Å². The summed E-state index contributed by atoms with van der Waals surface area (Å²) in [5.74, 6) is 1.02. The molecule has 0 saturated carbocycles. The van der Waals surface area contributed by atoms with E-state index in [-0.39, 0.29) is 18.4 Å². The quantitative estimate of drug-likeness (QED) is 0.883. The first-order valence-electron chi connectivity index (χ1n) is 5.50. The van der Waals surface area contributed by atoms with E-state index in [0.717, 1.165) is 18.6 Å². The van der Waals surface area contributed by atoms with Crippen molar-refractivity contribution < 1.29 is 4.74 Å². The van der Waals surface area contributed by atoms with Gasteiger partial charge in [-0.1, -0.05) is 19.1 Å². The number of ether oxygens (including phenoxy) is 1. The number of methoxy groups -OCH3 is 1. The summed E-state index contributed by atoms with van der Waals surface area (Å²) in [4.78, 5) is 0. The summed E-state index contributed by atoms with van der Waals surface area (Å²) in [7, 11) is 1.73. The largest absolute Gasteiger partial charge is 0.496 e. The van der Waals surface area contributed by atoms with Crippen LogP contribution in [0.5, 0.6) is 5.75 Å². The summed E-state index contributed by atoms with van der Waals surface area (Å²) in [5, 5.41) is 0. The fourth-order valence-electron chi connectivity index (χ4n) is 1.97. The third-order valence-electron chi connectivity index (χ3n) is 2.55. The number of nitrogens with two attached hydrogens (primary N) is 1. The van der Waals surface area contributed by atoms with Gasteiger partial charge in [-0.25, -0.2) is 0 Å². The first kappa shape index (κ1) is 15.3. The Hall–Kier alpha value is -0.730. The monoisotopic (exact) mass is 243 g/mol. The number of hydrogen-bond acceptors (Lipinski definition) is 2. The molecule has 0 aliphatic carbocycles. The molecule has 0 aromatic heterocycles. The predicted octanol–water partition coefficient (Wildman–Crippen LogP) is 2.88. The standard InChI is InChI=1S/C13H21NO.ClH/c1-5-12-8-11(7-10(3)14)6-9(2)13(12)15-4;/h6,8,10H,5,7,14H2,1-4H3;1H. The second kappa shape index (κ2) is 6.77. The van der Waals surface area contributed by atoms with E-state index in [1.165, 1.54) is 16.7 Å². The fourth-order valence-corrected chi connectivity index (χ4v) is 1.97. The summed E-state index contributed by atoms with van der Waals surface area (Å²) in [5.41, 5.74) is 9.58. The van der Waals surface area contributed by atoms with E-state index < -0.39 is 0 Å². The smallest absolute Gasteiger partial charge is 0.124 e. The van der Waals surface area contributed by atoms with Gasteiger partial charge < -0.3 is 10.5 Å². The Kier molecular flexibility index (Phi) is 6.46. The minimum Gasteiger partial charge on any atom is -0.496 e. The van der Waals surface area contributed by atoms with Gasteiger partial charge in [-0.15, -0.1) is 12.4 Å². The van der Waals surface area contributed by atoms with Gasteiger partial charge in [0.1, 0.15) is 5.75 Å². The Balaban J connectivity index is 0.00000225. The van der Waals surface area contributed by atoms with Gasteiger partial charge in [-0.2, -0.15) is 0 Å². The first-order valence-corrected chi connectivity index (χ1v) is 5.50. The molecule has 92 valence electrons. The molecule has 0 heterocycles. The van der Waals surface area contributed by atoms with E-state index in [2.05, 4.69) is 26.0 Å². The average molecular weight is 244 g/mol. The molecule has 2 N–H and O–H groups in total. The second-order valence-corrected chi connectivity index (χ2v) is 4.14. The summed E-state index contributed by atoms with van der Waals surface area (Å²) < 4.78 is 5.40. The highest BCUT2D eigenvalue weighted by molar-refractivity contribution is 5.85. The van der Waals surface area contributed by atoms with Crippen LogP contribution in [0.4, 0.5) is 0 Å². The van der Waals surface area contributed by atoms with Gasteiger partial charge in [0.05, 0.1) is 7.11 Å². The minimum atomic E-state index is 0. The Morgan fingerprint density at radius 3 is 2.44 bits per heavy atom. The molecule has 16 heavy (non-hydrogen) atoms. The molecule has 1 atom stereocenters. The van der Waals surface area contributed by atoms with E-state index in [1.807, 2.05) is 6.92 Å². The SMILES string of the molecule is CCc1cc(CC(C)N)cc(C)c1OC.Cl. The molecule has 0 spiro atoms. The van der Waals surface area contributed by atoms with Crippen LogP contribution in [0.25, 0.3) is 0 Å². The lowest BCUT2D eigenvalue weighted by Crippen LogP contribution is -2.18. The predicted molar refractivity (Wildman–Crippen MR) is 71.7 cm³/mol. The van der Waals surface area contributed by atoms with Crippen molar-refractivity contribution >= 4 is 12.4 Å². The number of benzene rings is 1. The molecule has 0 bridgehead atoms. The number of rotatable bonds is 4. The third kappa shape index (κ3) is 3.69. The van der Waals surface area contributed by atoms with Gasteiger partial charge in [0.15, 0.2) is 0 Å². The van der Waals surface area contributed by atoms with Crippen molar-refractivity contribution in [3.8, 4) is 5.75 Å². The van der Waals surface area contributed by atoms with Crippen LogP contribution in [-0.2, 0) is 12.8 Å². The molecule has 0 aliphatic heterocycles. The fraction of sp³-hybridized carbons (Fsp3) is 0.538. The molecular weight excluding hydrogens is 222 g/mol. The van der Waals surface area contributed by atoms with Gasteiger partial charge in [0.2, 0.25) is 0 Å². The lowest BCUT2D eigenvalue weighted by atomic mass is 9.99. The van der Waals surface area contributed by atoms with E-state index in [9.17, 15) is 0 Å². The molecule has 0 aliphatic rings. The van der Waals surface area contributed by atoms with Crippen molar-refractivity contribution in [3.63, 3.8) is 0 Å². The van der Waals surface area contributed by atoms with E-state index >= 15 is 0 Å². The zero-order valence-corrected chi connectivity index (χ0v) is 11.4. The second-order valence-electron chi connectivity index (χ2n) is 4.14. The maximum Gasteiger partial charge on any atom is 0.124 e. The number of hydrogen-bond donors (Lipinski definition) is 1. The Morgan fingerprint density at radius 1 is 1.38 bits per heavy atom. The topological polar surface area (TPSA) is 35.2 Å². The molecule has 1 aromatic carbocycles. The van der Waals surface area contributed by atoms with E-state index in [0.29, 0.717) is 0 Å². The van der Waals surface area contributed by atoms with Gasteiger partial charge in [-0.3, -0.25) is 0 Å². The molecule has 0 fully saturated rings. The van der Waals surface area contributed by atoms with Crippen molar-refractivity contribution in [2.75, 3.05) is 7.11 Å². The Labute approximate surface area is 105 Å². The van der Waals surface area contributed by atoms with Crippen LogP contribution in [0.2, 0.25) is 0 Å². The molecule has 1 aromatic rings. The van der Waals surface area contributed by atoms with Crippen LogP contribution in [0, 0.1) is 6.92 Å². The van der Waals surface area contributed by atoms with Crippen LogP contribution < -0.4 is 10.5 Å². The van der Waals surface area contributed by atoms with Crippen molar-refractivity contribution in [2.45, 2.75) is 39.7 Å². The first-order chi connectivity index (χ1) is 7.08. The van der Waals surface area contributed by atoms with Crippen LogP contribution in [0.3, 0.4) is 0 Å². The molecule has 1 rings (SSSR count). The summed E-state index contributed by atoms with van der Waals surface area (Å²) in [6.07, 6.45) is 1.93. The minimum absolute atomic E-state index is 0. The molecular formula is C13H22ClNO. The van der Waals surface area contributed by atoms with Crippen LogP contribution in [0.1, 0.15) is 30.5 Å². The summed E-state index contributed by atoms with van der Waals surface area (Å²) in [6, 6.07) is 4.58. The number of aryl methyl sites for hydroxylation is 2. The lowest BCUT2D eigenvalue weighted by molar-refractivity contribution is 0.406. The number of halogens is 1. The Bertz CT molecular complexity index is 337. The molecule has 3 heteroatoms. The van der Waals surface area contributed by atoms with Crippen molar-refractivity contribution in [1.29, 1.82) is 0 Å². The third-order valence-corrected chi connectivity index (χ3v) is 2.55. The summed E-state index contributed by atoms with van der Waals surface area (Å²) in [6.45, 7) is 6.26. The highest BCUT2D eigenvalue weighted by Crippen LogP contribution is 2.26. The van der Waals surface area contributed by atoms with Crippen molar-refractivity contribution in [1.82, 2.24) is 0 Å². The molecule has 2 nitrogen and oxygen atoms in total. The maximum absolute atomic E-state index is 5.81. The molecule has 1 unspecified atom stereocenters.